The molecule has 0 fully saturated rings. The van der Waals surface area contributed by atoms with Crippen LogP contribution in [0.5, 0.6) is 5.75 Å². The maximum absolute atomic E-state index is 10.7. The minimum absolute atomic E-state index is 0.00193. The van der Waals surface area contributed by atoms with Crippen molar-refractivity contribution in [2.24, 2.45) is 0 Å². The maximum atomic E-state index is 10.7. The average molecular weight is 425 g/mol. The number of hydrogen-bond donors (Lipinski definition) is 1. The summed E-state index contributed by atoms with van der Waals surface area (Å²) >= 11 is 1.65. The summed E-state index contributed by atoms with van der Waals surface area (Å²) in [5.74, 6) is 0.473. The number of hydrogen-bond acceptors (Lipinski definition) is 8. The second kappa shape index (κ2) is 12.5. The third-order valence-corrected chi connectivity index (χ3v) is 4.89. The van der Waals surface area contributed by atoms with Crippen LogP contribution < -0.4 is 4.74 Å². The van der Waals surface area contributed by atoms with Gasteiger partial charge >= 0.3 is 0 Å². The molecule has 0 aliphatic carbocycles. The van der Waals surface area contributed by atoms with E-state index in [4.69, 9.17) is 14.2 Å². The molecule has 0 saturated heterocycles. The lowest BCUT2D eigenvalue weighted by Crippen LogP contribution is -2.41. The van der Waals surface area contributed by atoms with Gasteiger partial charge in [-0.05, 0) is 37.4 Å². The monoisotopic (exact) mass is 424 g/mol. The first-order valence-electron chi connectivity index (χ1n) is 9.55. The van der Waals surface area contributed by atoms with Crippen molar-refractivity contribution >= 4 is 17.0 Å². The van der Waals surface area contributed by atoms with Gasteiger partial charge in [0.05, 0.1) is 4.92 Å². The fourth-order valence-electron chi connectivity index (χ4n) is 2.77. The molecular weight excluding hydrogens is 396 g/mol. The summed E-state index contributed by atoms with van der Waals surface area (Å²) in [6.45, 7) is 6.57. The number of nitrogens with zero attached hydrogens (tertiary/aromatic N) is 2. The van der Waals surface area contributed by atoms with E-state index in [1.807, 2.05) is 31.4 Å². The molecule has 29 heavy (non-hydrogen) atoms. The van der Waals surface area contributed by atoms with E-state index in [0.29, 0.717) is 38.6 Å². The third-order valence-electron chi connectivity index (χ3n) is 4.03. The standard InChI is InChI=1S/C20H28N2O6S/c1-3-26-20(27-4-2)14-21(13-19-6-5-11-29-19)12-17(23)15-28-18-9-7-16(8-10-18)22(24)25/h5-11,17,20,23H,3-4,12-15H2,1-2H3. The Morgan fingerprint density at radius 2 is 1.83 bits per heavy atom. The Kier molecular flexibility index (Phi) is 10.0. The number of ether oxygens (including phenoxy) is 3. The smallest absolute Gasteiger partial charge is 0.269 e. The first-order chi connectivity index (χ1) is 14.0. The fraction of sp³-hybridized carbons (Fsp3) is 0.500. The van der Waals surface area contributed by atoms with Crippen LogP contribution in [0.4, 0.5) is 5.69 Å². The van der Waals surface area contributed by atoms with Gasteiger partial charge < -0.3 is 19.3 Å². The summed E-state index contributed by atoms with van der Waals surface area (Å²) in [5.41, 5.74) is -0.00193. The van der Waals surface area contributed by atoms with Gasteiger partial charge in [-0.1, -0.05) is 6.07 Å². The summed E-state index contributed by atoms with van der Waals surface area (Å²) in [6.07, 6.45) is -1.11. The molecule has 0 aliphatic heterocycles. The zero-order chi connectivity index (χ0) is 21.1. The van der Waals surface area contributed by atoms with Gasteiger partial charge in [0.15, 0.2) is 6.29 Å². The maximum Gasteiger partial charge on any atom is 0.269 e. The van der Waals surface area contributed by atoms with Crippen molar-refractivity contribution in [1.82, 2.24) is 4.90 Å². The predicted octanol–water partition coefficient (Wildman–Crippen LogP) is 3.30. The Hall–Kier alpha value is -2.04. The molecule has 1 aromatic carbocycles. The normalized spacial score (nSPS) is 12.4. The van der Waals surface area contributed by atoms with Gasteiger partial charge in [0, 0.05) is 49.9 Å². The number of nitro benzene ring substituents is 1. The third kappa shape index (κ3) is 8.46. The lowest BCUT2D eigenvalue weighted by Gasteiger charge is -2.28. The Morgan fingerprint density at radius 1 is 1.14 bits per heavy atom. The van der Waals surface area contributed by atoms with Crippen LogP contribution in [0, 0.1) is 10.1 Å². The Balaban J connectivity index is 1.92. The lowest BCUT2D eigenvalue weighted by molar-refractivity contribution is -0.384. The van der Waals surface area contributed by atoms with E-state index >= 15 is 0 Å². The van der Waals surface area contributed by atoms with Crippen molar-refractivity contribution in [3.8, 4) is 5.75 Å². The van der Waals surface area contributed by atoms with Crippen LogP contribution in [-0.4, -0.2) is 60.2 Å². The highest BCUT2D eigenvalue weighted by Crippen LogP contribution is 2.18. The molecule has 0 amide bonds. The molecule has 2 rings (SSSR count). The summed E-state index contributed by atoms with van der Waals surface area (Å²) < 4.78 is 16.9. The minimum Gasteiger partial charge on any atom is -0.491 e. The Morgan fingerprint density at radius 3 is 2.38 bits per heavy atom. The highest BCUT2D eigenvalue weighted by Gasteiger charge is 2.19. The molecule has 1 heterocycles. The van der Waals surface area contributed by atoms with Crippen LogP contribution in [0.15, 0.2) is 41.8 Å². The van der Waals surface area contributed by atoms with Crippen LogP contribution in [-0.2, 0) is 16.0 Å². The summed E-state index contributed by atoms with van der Waals surface area (Å²) in [4.78, 5) is 13.5. The molecule has 1 atom stereocenters. The van der Waals surface area contributed by atoms with Gasteiger partial charge in [0.25, 0.3) is 5.69 Å². The number of aliphatic hydroxyl groups is 1. The van der Waals surface area contributed by atoms with E-state index in [-0.39, 0.29) is 18.6 Å². The number of nitro groups is 1. The van der Waals surface area contributed by atoms with Crippen molar-refractivity contribution in [2.75, 3.05) is 32.9 Å². The minimum atomic E-state index is -0.742. The zero-order valence-corrected chi connectivity index (χ0v) is 17.5. The number of thiophene rings is 1. The van der Waals surface area contributed by atoms with Gasteiger partial charge in [-0.3, -0.25) is 15.0 Å². The molecule has 0 spiro atoms. The molecule has 0 aliphatic rings. The lowest BCUT2D eigenvalue weighted by atomic mass is 10.3. The van der Waals surface area contributed by atoms with Gasteiger partial charge in [-0.25, -0.2) is 0 Å². The molecule has 1 unspecified atom stereocenters. The number of rotatable bonds is 14. The molecule has 1 N–H and O–H groups in total. The average Bonchev–Trinajstić information content (AvgIpc) is 3.20. The van der Waals surface area contributed by atoms with E-state index in [9.17, 15) is 15.2 Å². The van der Waals surface area contributed by atoms with Crippen LogP contribution in [0.25, 0.3) is 0 Å². The predicted molar refractivity (Wildman–Crippen MR) is 111 cm³/mol. The van der Waals surface area contributed by atoms with Crippen LogP contribution in [0.1, 0.15) is 18.7 Å². The zero-order valence-electron chi connectivity index (χ0n) is 16.7. The topological polar surface area (TPSA) is 94.3 Å². The van der Waals surface area contributed by atoms with Gasteiger partial charge in [0.2, 0.25) is 0 Å². The van der Waals surface area contributed by atoms with Crippen LogP contribution >= 0.6 is 11.3 Å². The summed E-state index contributed by atoms with van der Waals surface area (Å²) in [5, 5.41) is 23.2. The number of aliphatic hydroxyl groups excluding tert-OH is 1. The largest absolute Gasteiger partial charge is 0.491 e. The molecule has 160 valence electrons. The molecule has 9 heteroatoms. The van der Waals surface area contributed by atoms with Gasteiger partial charge in [-0.2, -0.15) is 0 Å². The second-order valence-electron chi connectivity index (χ2n) is 6.33. The molecule has 0 radical (unpaired) electrons. The van der Waals surface area contributed by atoms with Crippen molar-refractivity contribution in [1.29, 1.82) is 0 Å². The first kappa shape index (κ1) is 23.2. The van der Waals surface area contributed by atoms with Gasteiger partial charge in [-0.15, -0.1) is 11.3 Å². The fourth-order valence-corrected chi connectivity index (χ4v) is 3.52. The summed E-state index contributed by atoms with van der Waals surface area (Å²) in [7, 11) is 0. The number of non-ortho nitro benzene ring substituents is 1. The van der Waals surface area contributed by atoms with E-state index in [1.165, 1.54) is 29.1 Å². The molecule has 0 saturated carbocycles. The highest BCUT2D eigenvalue weighted by atomic mass is 32.1. The Labute approximate surface area is 174 Å². The first-order valence-corrected chi connectivity index (χ1v) is 10.4. The SMILES string of the molecule is CCOC(CN(Cc1cccs1)CC(O)COc1ccc([N+](=O)[O-])cc1)OCC. The molecular formula is C20H28N2O6S. The quantitative estimate of drug-likeness (QED) is 0.282. The van der Waals surface area contributed by atoms with E-state index in [1.54, 1.807) is 11.3 Å². The van der Waals surface area contributed by atoms with Crippen molar-refractivity contribution in [3.63, 3.8) is 0 Å². The van der Waals surface area contributed by atoms with Crippen molar-refractivity contribution in [3.05, 3.63) is 56.8 Å². The second-order valence-corrected chi connectivity index (χ2v) is 7.36. The Bertz CT molecular complexity index is 704. The summed E-state index contributed by atoms with van der Waals surface area (Å²) in [6, 6.07) is 9.84. The van der Waals surface area contributed by atoms with E-state index in [2.05, 4.69) is 4.90 Å². The van der Waals surface area contributed by atoms with Crippen LogP contribution in [0.2, 0.25) is 0 Å². The van der Waals surface area contributed by atoms with E-state index in [0.717, 1.165) is 0 Å². The van der Waals surface area contributed by atoms with Crippen LogP contribution in [0.3, 0.4) is 0 Å². The molecule has 2 aromatic rings. The molecule has 0 bridgehead atoms. The molecule has 1 aromatic heterocycles. The molecule has 8 nitrogen and oxygen atoms in total. The number of benzene rings is 1. The highest BCUT2D eigenvalue weighted by molar-refractivity contribution is 7.09. The van der Waals surface area contributed by atoms with Gasteiger partial charge in [0.1, 0.15) is 18.5 Å². The van der Waals surface area contributed by atoms with Crippen molar-refractivity contribution < 1.29 is 24.2 Å². The van der Waals surface area contributed by atoms with Crippen molar-refractivity contribution in [2.45, 2.75) is 32.8 Å². The van der Waals surface area contributed by atoms with E-state index < -0.39 is 11.0 Å².